The van der Waals surface area contributed by atoms with Gasteiger partial charge in [0.2, 0.25) is 11.2 Å². The number of rotatable bonds is 3. The van der Waals surface area contributed by atoms with E-state index in [1.54, 1.807) is 6.20 Å². The minimum Gasteiger partial charge on any atom is -0.388 e. The average molecular weight is 303 g/mol. The van der Waals surface area contributed by atoms with Crippen molar-refractivity contribution in [1.29, 1.82) is 0 Å². The highest BCUT2D eigenvalue weighted by Gasteiger charge is 2.13. The van der Waals surface area contributed by atoms with Gasteiger partial charge in [0.15, 0.2) is 0 Å². The summed E-state index contributed by atoms with van der Waals surface area (Å²) >= 11 is 5.90. The number of halogens is 1. The van der Waals surface area contributed by atoms with Crippen LogP contribution in [0.5, 0.6) is 0 Å². The minimum atomic E-state index is 0.232. The van der Waals surface area contributed by atoms with Crippen molar-refractivity contribution in [2.45, 2.75) is 0 Å². The van der Waals surface area contributed by atoms with E-state index in [4.69, 9.17) is 11.6 Å². The molecule has 108 valence electrons. The Kier molecular flexibility index (Phi) is 3.39. The molecule has 7 heteroatoms. The first-order valence-electron chi connectivity index (χ1n) is 6.49. The third kappa shape index (κ3) is 2.27. The second-order valence-electron chi connectivity index (χ2n) is 4.59. The lowest BCUT2D eigenvalue weighted by Gasteiger charge is -2.09. The summed E-state index contributed by atoms with van der Waals surface area (Å²) in [6.45, 7) is 0. The number of hydrogen-bond donors (Lipinski definition) is 2. The quantitative estimate of drug-likeness (QED) is 0.728. The molecule has 2 aromatic heterocycles. The van der Waals surface area contributed by atoms with Crippen molar-refractivity contribution in [3.8, 4) is 11.3 Å². The Balaban J connectivity index is 2.28. The largest absolute Gasteiger partial charge is 0.388 e. The van der Waals surface area contributed by atoms with Crippen LogP contribution in [0.25, 0.3) is 22.3 Å². The van der Waals surface area contributed by atoms with Gasteiger partial charge in [-0.1, -0.05) is 0 Å². The summed E-state index contributed by atoms with van der Waals surface area (Å²) in [6.07, 6.45) is 1.65. The highest BCUT2D eigenvalue weighted by molar-refractivity contribution is 6.28. The Hall–Kier alpha value is -2.34. The van der Waals surface area contributed by atoms with Crippen molar-refractivity contribution in [1.82, 2.24) is 19.5 Å². The molecule has 0 fully saturated rings. The van der Waals surface area contributed by atoms with Crippen LogP contribution in [-0.2, 0) is 7.05 Å². The Morgan fingerprint density at radius 2 is 1.95 bits per heavy atom. The molecule has 21 heavy (non-hydrogen) atoms. The van der Waals surface area contributed by atoms with Crippen molar-refractivity contribution in [2.24, 2.45) is 7.05 Å². The van der Waals surface area contributed by atoms with Gasteiger partial charge in [-0.2, -0.15) is 0 Å². The number of aromatic nitrogens is 4. The molecule has 0 spiro atoms. The minimum absolute atomic E-state index is 0.232. The molecule has 1 aromatic carbocycles. The molecule has 3 aromatic rings. The van der Waals surface area contributed by atoms with Gasteiger partial charge < -0.3 is 15.2 Å². The van der Waals surface area contributed by atoms with Crippen LogP contribution >= 0.6 is 11.6 Å². The molecule has 0 saturated heterocycles. The van der Waals surface area contributed by atoms with Crippen molar-refractivity contribution in [3.05, 3.63) is 29.7 Å². The molecular formula is C14H15ClN6. The number of imidazole rings is 1. The Bertz CT molecular complexity index is 811. The molecule has 2 N–H and O–H groups in total. The monoisotopic (exact) mass is 302 g/mol. The molecule has 0 aliphatic rings. The van der Waals surface area contributed by atoms with Crippen molar-refractivity contribution in [2.75, 3.05) is 24.7 Å². The number of nitrogens with one attached hydrogen (secondary N) is 2. The SMILES string of the molecule is CNc1cc2nc(NC)n(C)c2cc1-c1ccnc(Cl)n1. The lowest BCUT2D eigenvalue weighted by atomic mass is 10.1. The van der Waals surface area contributed by atoms with Crippen LogP contribution in [-0.4, -0.2) is 33.6 Å². The number of hydrogen-bond acceptors (Lipinski definition) is 5. The third-order valence-corrected chi connectivity index (χ3v) is 3.60. The van der Waals surface area contributed by atoms with Gasteiger partial charge in [0, 0.05) is 38.6 Å². The van der Waals surface area contributed by atoms with E-state index >= 15 is 0 Å². The maximum atomic E-state index is 5.90. The van der Waals surface area contributed by atoms with Crippen LogP contribution in [0.2, 0.25) is 5.28 Å². The Morgan fingerprint density at radius 1 is 1.14 bits per heavy atom. The molecule has 0 unspecified atom stereocenters. The molecule has 6 nitrogen and oxygen atoms in total. The van der Waals surface area contributed by atoms with E-state index in [-0.39, 0.29) is 5.28 Å². The van der Waals surface area contributed by atoms with E-state index in [1.807, 2.05) is 43.9 Å². The summed E-state index contributed by atoms with van der Waals surface area (Å²) in [6, 6.07) is 5.89. The molecule has 0 saturated carbocycles. The zero-order valence-corrected chi connectivity index (χ0v) is 12.7. The van der Waals surface area contributed by atoms with Gasteiger partial charge >= 0.3 is 0 Å². The molecule has 3 rings (SSSR count). The molecule has 0 amide bonds. The second kappa shape index (κ2) is 5.21. The van der Waals surface area contributed by atoms with Gasteiger partial charge in [0.25, 0.3) is 0 Å². The van der Waals surface area contributed by atoms with Gasteiger partial charge in [-0.25, -0.2) is 15.0 Å². The fourth-order valence-corrected chi connectivity index (χ4v) is 2.51. The van der Waals surface area contributed by atoms with Gasteiger partial charge in [-0.3, -0.25) is 0 Å². The van der Waals surface area contributed by atoms with Crippen LogP contribution in [0, 0.1) is 0 Å². The van der Waals surface area contributed by atoms with Crippen molar-refractivity contribution >= 4 is 34.3 Å². The number of benzene rings is 1. The molecule has 2 heterocycles. The van der Waals surface area contributed by atoms with Crippen LogP contribution < -0.4 is 10.6 Å². The number of fused-ring (bicyclic) bond motifs is 1. The van der Waals surface area contributed by atoms with E-state index in [2.05, 4.69) is 25.6 Å². The molecule has 0 radical (unpaired) electrons. The summed E-state index contributed by atoms with van der Waals surface area (Å²) in [4.78, 5) is 12.8. The van der Waals surface area contributed by atoms with Gasteiger partial charge in [0.1, 0.15) is 0 Å². The molecule has 0 aliphatic heterocycles. The zero-order valence-electron chi connectivity index (χ0n) is 12.0. The maximum Gasteiger partial charge on any atom is 0.222 e. The van der Waals surface area contributed by atoms with Crippen LogP contribution in [0.3, 0.4) is 0 Å². The first kappa shape index (κ1) is 13.6. The van der Waals surface area contributed by atoms with E-state index in [0.29, 0.717) is 0 Å². The zero-order chi connectivity index (χ0) is 15.0. The van der Waals surface area contributed by atoms with Crippen molar-refractivity contribution in [3.63, 3.8) is 0 Å². The van der Waals surface area contributed by atoms with E-state index in [9.17, 15) is 0 Å². The highest BCUT2D eigenvalue weighted by atomic mass is 35.5. The molecule has 0 atom stereocenters. The van der Waals surface area contributed by atoms with Gasteiger partial charge in [-0.05, 0) is 29.8 Å². The standard InChI is InChI=1S/C14H15ClN6/c1-16-10-7-11-12(21(3)14(17-2)20-11)6-8(10)9-4-5-18-13(15)19-9/h4-7,16H,1-3H3,(H,17,20). The van der Waals surface area contributed by atoms with Gasteiger partial charge in [0.05, 0.1) is 16.7 Å². The van der Waals surface area contributed by atoms with Crippen LogP contribution in [0.15, 0.2) is 24.4 Å². The summed E-state index contributed by atoms with van der Waals surface area (Å²) in [5.41, 5.74) is 4.60. The van der Waals surface area contributed by atoms with E-state index in [0.717, 1.165) is 33.9 Å². The second-order valence-corrected chi connectivity index (χ2v) is 4.93. The highest BCUT2D eigenvalue weighted by Crippen LogP contribution is 2.32. The number of nitrogens with zero attached hydrogens (tertiary/aromatic N) is 4. The summed E-state index contributed by atoms with van der Waals surface area (Å²) in [7, 11) is 5.69. The molecule has 0 aliphatic carbocycles. The average Bonchev–Trinajstić information content (AvgIpc) is 2.81. The lowest BCUT2D eigenvalue weighted by molar-refractivity contribution is 0.952. The van der Waals surface area contributed by atoms with Crippen LogP contribution in [0.4, 0.5) is 11.6 Å². The summed E-state index contributed by atoms with van der Waals surface area (Å²) in [5.74, 6) is 0.810. The van der Waals surface area contributed by atoms with E-state index < -0.39 is 0 Å². The smallest absolute Gasteiger partial charge is 0.222 e. The molecule has 0 bridgehead atoms. The third-order valence-electron chi connectivity index (χ3n) is 3.42. The normalized spacial score (nSPS) is 10.9. The van der Waals surface area contributed by atoms with Gasteiger partial charge in [-0.15, -0.1) is 0 Å². The lowest BCUT2D eigenvalue weighted by Crippen LogP contribution is -1.98. The maximum absolute atomic E-state index is 5.90. The first-order chi connectivity index (χ1) is 10.1. The van der Waals surface area contributed by atoms with Crippen molar-refractivity contribution < 1.29 is 0 Å². The fourth-order valence-electron chi connectivity index (χ4n) is 2.37. The predicted molar refractivity (Wildman–Crippen MR) is 85.8 cm³/mol. The predicted octanol–water partition coefficient (Wildman–Crippen LogP) is 2.77. The van der Waals surface area contributed by atoms with E-state index in [1.165, 1.54) is 0 Å². The Labute approximate surface area is 127 Å². The number of anilines is 2. The van der Waals surface area contributed by atoms with Crippen LogP contribution in [0.1, 0.15) is 0 Å². The number of aryl methyl sites for hydroxylation is 1. The fraction of sp³-hybridized carbons (Fsp3) is 0.214. The first-order valence-corrected chi connectivity index (χ1v) is 6.86. The Morgan fingerprint density at radius 3 is 2.62 bits per heavy atom. The summed E-state index contributed by atoms with van der Waals surface area (Å²) < 4.78 is 2.00. The molecular weight excluding hydrogens is 288 g/mol. The summed E-state index contributed by atoms with van der Waals surface area (Å²) in [5, 5.41) is 6.49. The topological polar surface area (TPSA) is 67.7 Å².